The van der Waals surface area contributed by atoms with Crippen molar-refractivity contribution in [3.05, 3.63) is 34.9 Å². The summed E-state index contributed by atoms with van der Waals surface area (Å²) in [6, 6.07) is 6.41. The van der Waals surface area contributed by atoms with Crippen molar-refractivity contribution in [2.75, 3.05) is 13.2 Å². The summed E-state index contributed by atoms with van der Waals surface area (Å²) in [6.45, 7) is 1.40. The zero-order valence-electron chi connectivity index (χ0n) is 15.4. The molecular weight excluding hydrogens is 368 g/mol. The van der Waals surface area contributed by atoms with Crippen molar-refractivity contribution < 1.29 is 19.1 Å². The fourth-order valence-corrected chi connectivity index (χ4v) is 4.49. The first kappa shape index (κ1) is 19.7. The van der Waals surface area contributed by atoms with E-state index in [0.29, 0.717) is 16.5 Å². The lowest BCUT2D eigenvalue weighted by Gasteiger charge is -2.28. The second-order valence-electron chi connectivity index (χ2n) is 7.55. The Labute approximate surface area is 164 Å². The van der Waals surface area contributed by atoms with Crippen LogP contribution >= 0.6 is 11.6 Å². The van der Waals surface area contributed by atoms with Crippen LogP contribution < -0.4 is 10.6 Å². The number of esters is 1. The number of amides is 2. The number of hydrogen-bond acceptors (Lipinski definition) is 4. The number of carbonyl (C=O) groups excluding carboxylic acids is 3. The van der Waals surface area contributed by atoms with Gasteiger partial charge in [0.2, 0.25) is 0 Å². The second-order valence-corrected chi connectivity index (χ2v) is 7.98. The molecule has 0 aromatic heterocycles. The molecule has 2 N–H and O–H groups in total. The van der Waals surface area contributed by atoms with Gasteiger partial charge in [0, 0.05) is 16.6 Å². The highest BCUT2D eigenvalue weighted by Gasteiger charge is 2.42. The number of carbonyl (C=O) groups is 3. The Balaban J connectivity index is 1.34. The molecule has 0 radical (unpaired) electrons. The predicted molar refractivity (Wildman–Crippen MR) is 101 cm³/mol. The average molecular weight is 393 g/mol. The fourth-order valence-electron chi connectivity index (χ4n) is 4.36. The Morgan fingerprint density at radius 2 is 1.93 bits per heavy atom. The lowest BCUT2D eigenvalue weighted by molar-refractivity contribution is -0.147. The molecule has 1 aromatic rings. The van der Waals surface area contributed by atoms with Crippen molar-refractivity contribution in [3.8, 4) is 0 Å². The molecule has 0 saturated heterocycles. The van der Waals surface area contributed by atoms with Crippen LogP contribution in [0, 0.1) is 17.8 Å². The van der Waals surface area contributed by atoms with Crippen LogP contribution in [-0.2, 0) is 14.3 Å². The highest BCUT2D eigenvalue weighted by Crippen LogP contribution is 2.49. The van der Waals surface area contributed by atoms with Gasteiger partial charge in [-0.15, -0.1) is 0 Å². The molecule has 1 aromatic carbocycles. The van der Waals surface area contributed by atoms with Gasteiger partial charge in [-0.05, 0) is 68.2 Å². The zero-order valence-corrected chi connectivity index (χ0v) is 16.1. The number of hydrogen-bond donors (Lipinski definition) is 2. The minimum Gasteiger partial charge on any atom is -0.454 e. The molecule has 4 unspecified atom stereocenters. The van der Waals surface area contributed by atoms with Crippen LogP contribution in [-0.4, -0.2) is 37.0 Å². The van der Waals surface area contributed by atoms with Crippen molar-refractivity contribution in [1.82, 2.24) is 10.6 Å². The molecule has 2 amide bonds. The maximum Gasteiger partial charge on any atom is 0.325 e. The van der Waals surface area contributed by atoms with Crippen molar-refractivity contribution in [2.24, 2.45) is 17.8 Å². The molecule has 2 bridgehead atoms. The van der Waals surface area contributed by atoms with E-state index in [1.54, 1.807) is 24.3 Å². The highest BCUT2D eigenvalue weighted by molar-refractivity contribution is 6.30. The van der Waals surface area contributed by atoms with Crippen LogP contribution in [0.4, 0.5) is 0 Å². The number of nitrogens with one attached hydrogen (secondary N) is 2. The zero-order chi connectivity index (χ0) is 19.4. The van der Waals surface area contributed by atoms with E-state index in [1.807, 2.05) is 6.92 Å². The molecule has 7 heteroatoms. The largest absolute Gasteiger partial charge is 0.454 e. The first-order chi connectivity index (χ1) is 12.9. The van der Waals surface area contributed by atoms with E-state index >= 15 is 0 Å². The topological polar surface area (TPSA) is 84.5 Å². The molecule has 27 heavy (non-hydrogen) atoms. The molecule has 0 spiro atoms. The Kier molecular flexibility index (Phi) is 6.37. The third kappa shape index (κ3) is 5.22. The van der Waals surface area contributed by atoms with Gasteiger partial charge < -0.3 is 15.4 Å². The molecule has 4 atom stereocenters. The summed E-state index contributed by atoms with van der Waals surface area (Å²) in [5, 5.41) is 5.92. The van der Waals surface area contributed by atoms with E-state index in [9.17, 15) is 14.4 Å². The van der Waals surface area contributed by atoms with Gasteiger partial charge in [0.15, 0.2) is 6.61 Å². The lowest BCUT2D eigenvalue weighted by Crippen LogP contribution is -2.42. The van der Waals surface area contributed by atoms with Crippen molar-refractivity contribution >= 4 is 29.4 Å². The summed E-state index contributed by atoms with van der Waals surface area (Å²) in [5.41, 5.74) is 0.393. The van der Waals surface area contributed by atoms with E-state index in [1.165, 1.54) is 25.7 Å². The van der Waals surface area contributed by atoms with Crippen molar-refractivity contribution in [2.45, 2.75) is 38.6 Å². The van der Waals surface area contributed by atoms with Gasteiger partial charge in [0.1, 0.15) is 6.54 Å². The van der Waals surface area contributed by atoms with Crippen molar-refractivity contribution in [3.63, 3.8) is 0 Å². The molecule has 2 fully saturated rings. The summed E-state index contributed by atoms with van der Waals surface area (Å²) in [4.78, 5) is 35.7. The molecule has 3 rings (SSSR count). The quantitative estimate of drug-likeness (QED) is 0.698. The maximum atomic E-state index is 12.0. The normalized spacial score (nSPS) is 24.3. The summed E-state index contributed by atoms with van der Waals surface area (Å²) >= 11 is 5.77. The SMILES string of the molecule is CC(NC(=O)COC(=O)CNC(=O)c1ccc(Cl)cc1)C1CC2CCC1C2. The summed E-state index contributed by atoms with van der Waals surface area (Å²) < 4.78 is 4.95. The minimum absolute atomic E-state index is 0.0936. The molecule has 2 saturated carbocycles. The molecule has 0 heterocycles. The third-order valence-corrected chi connectivity index (χ3v) is 5.94. The lowest BCUT2D eigenvalue weighted by atomic mass is 9.84. The monoisotopic (exact) mass is 392 g/mol. The van der Waals surface area contributed by atoms with Crippen LogP contribution in [0.2, 0.25) is 5.02 Å². The predicted octanol–water partition coefficient (Wildman–Crippen LogP) is 2.55. The first-order valence-electron chi connectivity index (χ1n) is 9.41. The van der Waals surface area contributed by atoms with Crippen LogP contribution in [0.5, 0.6) is 0 Å². The average Bonchev–Trinajstić information content (AvgIpc) is 3.28. The van der Waals surface area contributed by atoms with Crippen LogP contribution in [0.3, 0.4) is 0 Å². The minimum atomic E-state index is -0.653. The summed E-state index contributed by atoms with van der Waals surface area (Å²) in [5.74, 6) is 0.708. The summed E-state index contributed by atoms with van der Waals surface area (Å²) in [7, 11) is 0. The third-order valence-electron chi connectivity index (χ3n) is 5.69. The Hall–Kier alpha value is -2.08. The van der Waals surface area contributed by atoms with Crippen LogP contribution in [0.25, 0.3) is 0 Å². The number of ether oxygens (including phenoxy) is 1. The van der Waals surface area contributed by atoms with E-state index < -0.39 is 11.9 Å². The van der Waals surface area contributed by atoms with Crippen molar-refractivity contribution in [1.29, 1.82) is 0 Å². The molecule has 6 nitrogen and oxygen atoms in total. The molecule has 2 aliphatic rings. The van der Waals surface area contributed by atoms with E-state index in [2.05, 4.69) is 10.6 Å². The standard InChI is InChI=1S/C20H25ClN2O4/c1-12(17-9-13-2-3-15(17)8-13)23-18(24)11-27-19(25)10-22-20(26)14-4-6-16(21)7-5-14/h4-7,12-13,15,17H,2-3,8-11H2,1H3,(H,22,26)(H,23,24). The molecule has 2 aliphatic carbocycles. The van der Waals surface area contributed by atoms with E-state index in [-0.39, 0.29) is 25.1 Å². The van der Waals surface area contributed by atoms with Gasteiger partial charge in [-0.25, -0.2) is 0 Å². The number of fused-ring (bicyclic) bond motifs is 2. The van der Waals surface area contributed by atoms with Gasteiger partial charge in [0.25, 0.3) is 11.8 Å². The molecular formula is C20H25ClN2O4. The van der Waals surface area contributed by atoms with Gasteiger partial charge in [-0.1, -0.05) is 18.0 Å². The second kappa shape index (κ2) is 8.74. The van der Waals surface area contributed by atoms with E-state index in [0.717, 1.165) is 11.8 Å². The van der Waals surface area contributed by atoms with Gasteiger partial charge in [-0.2, -0.15) is 0 Å². The number of halogens is 1. The van der Waals surface area contributed by atoms with Gasteiger partial charge in [-0.3, -0.25) is 14.4 Å². The maximum absolute atomic E-state index is 12.0. The van der Waals surface area contributed by atoms with E-state index in [4.69, 9.17) is 16.3 Å². The van der Waals surface area contributed by atoms with Gasteiger partial charge in [0.05, 0.1) is 0 Å². The number of rotatable bonds is 7. The molecule has 146 valence electrons. The summed E-state index contributed by atoms with van der Waals surface area (Å²) in [6.07, 6.45) is 5.05. The van der Waals surface area contributed by atoms with Gasteiger partial charge >= 0.3 is 5.97 Å². The highest BCUT2D eigenvalue weighted by atomic mass is 35.5. The Bertz CT molecular complexity index is 706. The first-order valence-corrected chi connectivity index (χ1v) is 9.79. The van der Waals surface area contributed by atoms with Crippen LogP contribution in [0.1, 0.15) is 43.0 Å². The smallest absolute Gasteiger partial charge is 0.325 e. The molecule has 0 aliphatic heterocycles. The fraction of sp³-hybridized carbons (Fsp3) is 0.550. The Morgan fingerprint density at radius 3 is 2.56 bits per heavy atom. The number of benzene rings is 1. The van der Waals surface area contributed by atoms with Crippen LogP contribution in [0.15, 0.2) is 24.3 Å². The Morgan fingerprint density at radius 1 is 1.19 bits per heavy atom.